The van der Waals surface area contributed by atoms with Gasteiger partial charge in [-0.25, -0.2) is 8.78 Å². The van der Waals surface area contributed by atoms with E-state index in [0.29, 0.717) is 17.5 Å². The van der Waals surface area contributed by atoms with Gasteiger partial charge in [0.2, 0.25) is 0 Å². The Bertz CT molecular complexity index is 864. The number of hydrogen-bond acceptors (Lipinski definition) is 0. The molecule has 0 fully saturated rings. The molecule has 0 saturated heterocycles. The molecule has 32 heavy (non-hydrogen) atoms. The van der Waals surface area contributed by atoms with Crippen molar-refractivity contribution in [2.24, 2.45) is 0 Å². The number of halogens is 2. The molecule has 0 aliphatic rings. The van der Waals surface area contributed by atoms with Crippen molar-refractivity contribution in [3.8, 4) is 0 Å². The molecule has 0 bridgehead atoms. The number of nitrogens with one attached hydrogen (secondary N) is 1. The van der Waals surface area contributed by atoms with Gasteiger partial charge in [-0.05, 0) is 52.5 Å². The summed E-state index contributed by atoms with van der Waals surface area (Å²) in [7, 11) is 0. The van der Waals surface area contributed by atoms with E-state index >= 15 is 0 Å². The third-order valence-corrected chi connectivity index (χ3v) is 5.07. The summed E-state index contributed by atoms with van der Waals surface area (Å²) >= 11 is 0. The highest BCUT2D eigenvalue weighted by Gasteiger charge is 2.08. The van der Waals surface area contributed by atoms with Crippen LogP contribution in [-0.4, -0.2) is 4.98 Å². The first kappa shape index (κ1) is 29.6. The van der Waals surface area contributed by atoms with Crippen LogP contribution in [0.4, 0.5) is 8.78 Å². The number of aromatic amines is 1. The minimum absolute atomic E-state index is 0. The zero-order valence-electron chi connectivity index (χ0n) is 20.3. The molecular weight excluding hydrogens is 400 g/mol. The molecule has 2 aromatic carbocycles. The summed E-state index contributed by atoms with van der Waals surface area (Å²) in [5.74, 6) is 1.58. The highest BCUT2D eigenvalue weighted by Crippen LogP contribution is 2.25. The van der Waals surface area contributed by atoms with E-state index in [1.807, 2.05) is 39.8 Å². The van der Waals surface area contributed by atoms with Crippen LogP contribution in [0, 0.1) is 11.6 Å². The van der Waals surface area contributed by atoms with E-state index in [0.717, 1.165) is 5.56 Å². The largest absolute Gasteiger partial charge is 0.362 e. The van der Waals surface area contributed by atoms with Crippen molar-refractivity contribution in [3.05, 3.63) is 94.8 Å². The Morgan fingerprint density at radius 2 is 0.938 bits per heavy atom. The molecule has 1 aromatic heterocycles. The van der Waals surface area contributed by atoms with Crippen LogP contribution in [0.15, 0.2) is 60.8 Å². The predicted octanol–water partition coefficient (Wildman–Crippen LogP) is 9.80. The summed E-state index contributed by atoms with van der Waals surface area (Å²) in [5, 5.41) is 0. The molecule has 178 valence electrons. The van der Waals surface area contributed by atoms with Crippen LogP contribution in [0.2, 0.25) is 0 Å². The zero-order chi connectivity index (χ0) is 23.6. The fourth-order valence-corrected chi connectivity index (χ4v) is 3.31. The van der Waals surface area contributed by atoms with Gasteiger partial charge in [-0.1, -0.05) is 105 Å². The summed E-state index contributed by atoms with van der Waals surface area (Å²) in [4.78, 5) is 2.83. The Labute approximate surface area is 195 Å². The first-order valence-corrected chi connectivity index (χ1v) is 11.2. The van der Waals surface area contributed by atoms with E-state index in [1.54, 1.807) is 12.3 Å². The maximum atomic E-state index is 12.8. The van der Waals surface area contributed by atoms with E-state index in [4.69, 9.17) is 0 Å². The third kappa shape index (κ3) is 9.38. The topological polar surface area (TPSA) is 15.8 Å². The summed E-state index contributed by atoms with van der Waals surface area (Å²) in [6.45, 7) is 16.9. The average molecular weight is 444 g/mol. The SMILES string of the molecule is C.CC(C)c1[nH]ccc1F.CC(C)c1ccccc1C(C)C.CC(C)c1ccccc1F. The predicted molar refractivity (Wildman–Crippen MR) is 137 cm³/mol. The fourth-order valence-electron chi connectivity index (χ4n) is 3.31. The van der Waals surface area contributed by atoms with Gasteiger partial charge >= 0.3 is 0 Å². The van der Waals surface area contributed by atoms with Crippen LogP contribution < -0.4 is 0 Å². The highest BCUT2D eigenvalue weighted by molar-refractivity contribution is 5.31. The van der Waals surface area contributed by atoms with Crippen LogP contribution in [0.3, 0.4) is 0 Å². The van der Waals surface area contributed by atoms with Gasteiger partial charge in [0.05, 0.1) is 5.69 Å². The second-order valence-corrected chi connectivity index (χ2v) is 9.01. The Morgan fingerprint density at radius 3 is 1.19 bits per heavy atom. The van der Waals surface area contributed by atoms with Gasteiger partial charge in [-0.2, -0.15) is 0 Å². The molecule has 0 aliphatic heterocycles. The van der Waals surface area contributed by atoms with Crippen LogP contribution in [0.5, 0.6) is 0 Å². The second kappa shape index (κ2) is 14.6. The van der Waals surface area contributed by atoms with Crippen molar-refractivity contribution in [1.82, 2.24) is 4.98 Å². The van der Waals surface area contributed by atoms with Gasteiger partial charge in [0.25, 0.3) is 0 Å². The number of hydrogen-bond donors (Lipinski definition) is 1. The van der Waals surface area contributed by atoms with Crippen molar-refractivity contribution in [3.63, 3.8) is 0 Å². The van der Waals surface area contributed by atoms with E-state index in [-0.39, 0.29) is 30.9 Å². The zero-order valence-corrected chi connectivity index (χ0v) is 20.3. The minimum atomic E-state index is -0.134. The molecule has 3 rings (SSSR count). The van der Waals surface area contributed by atoms with Crippen LogP contribution in [-0.2, 0) is 0 Å². The smallest absolute Gasteiger partial charge is 0.144 e. The van der Waals surface area contributed by atoms with Gasteiger partial charge in [-0.15, -0.1) is 0 Å². The van der Waals surface area contributed by atoms with Crippen LogP contribution in [0.25, 0.3) is 0 Å². The normalized spacial score (nSPS) is 10.4. The van der Waals surface area contributed by atoms with Crippen molar-refractivity contribution in [2.45, 2.75) is 86.5 Å². The van der Waals surface area contributed by atoms with Crippen molar-refractivity contribution in [1.29, 1.82) is 0 Å². The lowest BCUT2D eigenvalue weighted by Gasteiger charge is -2.14. The molecule has 0 unspecified atom stereocenters. The fraction of sp³-hybridized carbons (Fsp3) is 0.448. The van der Waals surface area contributed by atoms with Gasteiger partial charge in [0, 0.05) is 6.20 Å². The molecule has 1 nitrogen and oxygen atoms in total. The first-order valence-electron chi connectivity index (χ1n) is 11.2. The molecule has 1 N–H and O–H groups in total. The average Bonchev–Trinajstić information content (AvgIpc) is 3.15. The molecule has 0 spiro atoms. The number of rotatable bonds is 4. The molecule has 1 heterocycles. The summed E-state index contributed by atoms with van der Waals surface area (Å²) < 4.78 is 25.4. The Morgan fingerprint density at radius 1 is 0.531 bits per heavy atom. The molecule has 0 aliphatic carbocycles. The van der Waals surface area contributed by atoms with Crippen molar-refractivity contribution in [2.75, 3.05) is 0 Å². The van der Waals surface area contributed by atoms with Crippen molar-refractivity contribution < 1.29 is 8.78 Å². The molecule has 3 heteroatoms. The Kier molecular flexibility index (Phi) is 13.5. The van der Waals surface area contributed by atoms with Crippen LogP contribution in [0.1, 0.15) is 109 Å². The van der Waals surface area contributed by atoms with Gasteiger partial charge in [0.1, 0.15) is 11.6 Å². The first-order chi connectivity index (χ1) is 14.6. The standard InChI is InChI=1S/C12H18.C9H11F.C7H10FN.CH4/c1-9(2)11-7-5-6-8-12(11)10(3)4;1-7(2)8-5-3-4-6-9(8)10;1-5(2)7-6(8)3-4-9-7;/h5-10H,1-4H3;3-7H,1-2H3;3-5,9H,1-2H3;1H4. The third-order valence-electron chi connectivity index (χ3n) is 5.07. The lowest BCUT2D eigenvalue weighted by atomic mass is 9.91. The maximum Gasteiger partial charge on any atom is 0.144 e. The quantitative estimate of drug-likeness (QED) is 0.413. The molecule has 0 amide bonds. The molecule has 0 atom stereocenters. The van der Waals surface area contributed by atoms with E-state index in [1.165, 1.54) is 23.3 Å². The van der Waals surface area contributed by atoms with Crippen molar-refractivity contribution >= 4 is 0 Å². The maximum absolute atomic E-state index is 12.8. The lowest BCUT2D eigenvalue weighted by molar-refractivity contribution is 0.597. The van der Waals surface area contributed by atoms with Gasteiger partial charge in [0.15, 0.2) is 0 Å². The molecule has 3 aromatic rings. The second-order valence-electron chi connectivity index (χ2n) is 9.01. The number of H-pyrrole nitrogens is 1. The van der Waals surface area contributed by atoms with E-state index < -0.39 is 0 Å². The van der Waals surface area contributed by atoms with E-state index in [9.17, 15) is 8.78 Å². The minimum Gasteiger partial charge on any atom is -0.362 e. The summed E-state index contributed by atoms with van der Waals surface area (Å²) in [5.41, 5.74) is 4.47. The lowest BCUT2D eigenvalue weighted by Crippen LogP contribution is -1.97. The Hall–Kier alpha value is -2.42. The van der Waals surface area contributed by atoms with Gasteiger partial charge in [-0.3, -0.25) is 0 Å². The highest BCUT2D eigenvalue weighted by atomic mass is 19.1. The molecule has 0 radical (unpaired) electrons. The monoisotopic (exact) mass is 443 g/mol. The summed E-state index contributed by atoms with van der Waals surface area (Å²) in [6.07, 6.45) is 1.62. The van der Waals surface area contributed by atoms with Crippen LogP contribution >= 0.6 is 0 Å². The summed E-state index contributed by atoms with van der Waals surface area (Å²) in [6, 6.07) is 17.0. The number of aromatic nitrogens is 1. The Balaban J connectivity index is 0.000000448. The van der Waals surface area contributed by atoms with Gasteiger partial charge < -0.3 is 4.98 Å². The molecule has 0 saturated carbocycles. The number of benzene rings is 2. The van der Waals surface area contributed by atoms with E-state index in [2.05, 4.69) is 56.9 Å². The molecular formula is C29H43F2N.